The molecule has 0 heterocycles. The second kappa shape index (κ2) is 5.52. The maximum atomic E-state index is 10.9. The van der Waals surface area contributed by atoms with E-state index in [1.165, 1.54) is 0 Å². The van der Waals surface area contributed by atoms with Gasteiger partial charge in [0.05, 0.1) is 18.9 Å². The first-order chi connectivity index (χ1) is 5.93. The second-order valence-corrected chi connectivity index (χ2v) is 2.50. The topological polar surface area (TPSA) is 139 Å². The summed E-state index contributed by atoms with van der Waals surface area (Å²) < 4.78 is 0. The molecular formula is C5H12BN3O4. The predicted molar refractivity (Wildman–Crippen MR) is 45.0 cm³/mol. The van der Waals surface area contributed by atoms with E-state index < -0.39 is 25.0 Å². The summed E-state index contributed by atoms with van der Waals surface area (Å²) in [4.78, 5) is 21.2. The molecule has 0 rings (SSSR count). The summed E-state index contributed by atoms with van der Waals surface area (Å²) in [5.74, 6) is -1.33. The predicted octanol–water partition coefficient (Wildman–Crippen LogP) is -3.68. The van der Waals surface area contributed by atoms with E-state index in [0.717, 1.165) is 0 Å². The molecule has 0 fully saturated rings. The number of carbonyl (C=O) groups is 2. The summed E-state index contributed by atoms with van der Waals surface area (Å²) in [6.07, 6.45) is -0.599. The van der Waals surface area contributed by atoms with Crippen molar-refractivity contribution >= 4 is 18.9 Å². The highest BCUT2D eigenvalue weighted by atomic mass is 16.4. The van der Waals surface area contributed by atoms with E-state index in [2.05, 4.69) is 5.32 Å². The summed E-state index contributed by atoms with van der Waals surface area (Å²) in [6.45, 7) is 0. The van der Waals surface area contributed by atoms with Crippen LogP contribution < -0.4 is 16.8 Å². The lowest BCUT2D eigenvalue weighted by atomic mass is 9.92. The molecule has 2 amide bonds. The van der Waals surface area contributed by atoms with Crippen molar-refractivity contribution in [3.8, 4) is 0 Å². The van der Waals surface area contributed by atoms with Crippen LogP contribution in [0, 0.1) is 0 Å². The van der Waals surface area contributed by atoms with Gasteiger partial charge in [0.15, 0.2) is 0 Å². The minimum absolute atomic E-state index is 0.270. The lowest BCUT2D eigenvalue weighted by molar-refractivity contribution is -0.126. The van der Waals surface area contributed by atoms with Crippen molar-refractivity contribution in [1.82, 2.24) is 5.32 Å². The van der Waals surface area contributed by atoms with Crippen LogP contribution in [0.5, 0.6) is 0 Å². The molecule has 0 aromatic carbocycles. The van der Waals surface area contributed by atoms with Crippen LogP contribution in [-0.2, 0) is 9.59 Å². The van der Waals surface area contributed by atoms with Crippen molar-refractivity contribution in [2.45, 2.75) is 12.5 Å². The molecule has 0 aliphatic carbocycles. The smallest absolute Gasteiger partial charge is 0.426 e. The zero-order valence-corrected chi connectivity index (χ0v) is 6.93. The molecule has 0 radical (unpaired) electrons. The molecule has 0 bridgehead atoms. The minimum atomic E-state index is -1.63. The van der Waals surface area contributed by atoms with Crippen molar-refractivity contribution in [1.29, 1.82) is 0 Å². The third-order valence-corrected chi connectivity index (χ3v) is 1.22. The molecule has 0 spiro atoms. The molecule has 13 heavy (non-hydrogen) atoms. The van der Waals surface area contributed by atoms with Crippen LogP contribution in [0.1, 0.15) is 6.42 Å². The Balaban J connectivity index is 3.76. The molecule has 0 unspecified atom stereocenters. The van der Waals surface area contributed by atoms with Gasteiger partial charge in [0.1, 0.15) is 0 Å². The third kappa shape index (κ3) is 6.08. The van der Waals surface area contributed by atoms with Crippen LogP contribution in [0.15, 0.2) is 0 Å². The van der Waals surface area contributed by atoms with Gasteiger partial charge in [-0.1, -0.05) is 0 Å². The van der Waals surface area contributed by atoms with Crippen LogP contribution in [0.4, 0.5) is 0 Å². The minimum Gasteiger partial charge on any atom is -0.426 e. The van der Waals surface area contributed by atoms with Gasteiger partial charge in [-0.05, 0) is 0 Å². The molecular weight excluding hydrogens is 177 g/mol. The van der Waals surface area contributed by atoms with Crippen LogP contribution >= 0.6 is 0 Å². The van der Waals surface area contributed by atoms with Crippen LogP contribution in [-0.4, -0.2) is 41.5 Å². The highest BCUT2D eigenvalue weighted by molar-refractivity contribution is 6.41. The lowest BCUT2D eigenvalue weighted by Gasteiger charge is -2.09. The fraction of sp³-hybridized carbons (Fsp3) is 0.600. The van der Waals surface area contributed by atoms with Gasteiger partial charge in [0.25, 0.3) is 0 Å². The molecule has 74 valence electrons. The van der Waals surface area contributed by atoms with Crippen molar-refractivity contribution < 1.29 is 19.6 Å². The summed E-state index contributed by atoms with van der Waals surface area (Å²) >= 11 is 0. The number of carbonyl (C=O) groups excluding carboxylic acids is 2. The van der Waals surface area contributed by atoms with E-state index in [9.17, 15) is 9.59 Å². The first-order valence-electron chi connectivity index (χ1n) is 3.61. The average Bonchev–Trinajstić information content (AvgIpc) is 1.98. The van der Waals surface area contributed by atoms with Gasteiger partial charge in [-0.2, -0.15) is 0 Å². The molecule has 8 heteroatoms. The fourth-order valence-electron chi connectivity index (χ4n) is 0.632. The monoisotopic (exact) mass is 189 g/mol. The van der Waals surface area contributed by atoms with Gasteiger partial charge < -0.3 is 26.8 Å². The number of rotatable bonds is 5. The zero-order chi connectivity index (χ0) is 10.4. The number of amides is 2. The number of hydrogen-bond donors (Lipinski definition) is 5. The van der Waals surface area contributed by atoms with Gasteiger partial charge in [-0.15, -0.1) is 0 Å². The number of primary amides is 1. The summed E-state index contributed by atoms with van der Waals surface area (Å²) in [7, 11) is -1.63. The molecule has 0 saturated heterocycles. The third-order valence-electron chi connectivity index (χ3n) is 1.22. The standard InChI is InChI=1S/C5H12BN3O4/c7-3(1-4(8)10)5(11)9-2-6(12)13/h3,12-13H,1-2,7H2,(H2,8,10)(H,9,11)/t3-/m0/s1. The Kier molecular flexibility index (Phi) is 5.04. The first kappa shape index (κ1) is 11.9. The number of hydrogen-bond acceptors (Lipinski definition) is 5. The van der Waals surface area contributed by atoms with Gasteiger partial charge >= 0.3 is 7.12 Å². The van der Waals surface area contributed by atoms with E-state index >= 15 is 0 Å². The molecule has 7 nitrogen and oxygen atoms in total. The molecule has 0 aliphatic rings. The Morgan fingerprint density at radius 2 is 2.00 bits per heavy atom. The first-order valence-corrected chi connectivity index (χ1v) is 3.61. The van der Waals surface area contributed by atoms with E-state index in [1.54, 1.807) is 0 Å². The molecule has 0 saturated carbocycles. The summed E-state index contributed by atoms with van der Waals surface area (Å²) in [5, 5.41) is 18.9. The van der Waals surface area contributed by atoms with Crippen molar-refractivity contribution in [3.05, 3.63) is 0 Å². The normalized spacial score (nSPS) is 11.9. The molecule has 1 atom stereocenters. The Labute approximate surface area is 75.2 Å². The SMILES string of the molecule is NC(=O)C[C@H](N)C(=O)NCB(O)O. The average molecular weight is 189 g/mol. The molecule has 0 aliphatic heterocycles. The number of nitrogens with one attached hydrogen (secondary N) is 1. The van der Waals surface area contributed by atoms with Crippen LogP contribution in [0.25, 0.3) is 0 Å². The Morgan fingerprint density at radius 1 is 1.46 bits per heavy atom. The largest absolute Gasteiger partial charge is 0.472 e. The Bertz CT molecular complexity index is 198. The van der Waals surface area contributed by atoms with Crippen molar-refractivity contribution in [3.63, 3.8) is 0 Å². The Hall–Kier alpha value is -1.12. The maximum absolute atomic E-state index is 10.9. The summed E-state index contributed by atoms with van der Waals surface area (Å²) in [6, 6.07) is -1.05. The van der Waals surface area contributed by atoms with Crippen LogP contribution in [0.2, 0.25) is 0 Å². The van der Waals surface area contributed by atoms with Crippen LogP contribution in [0.3, 0.4) is 0 Å². The quantitative estimate of drug-likeness (QED) is 0.283. The highest BCUT2D eigenvalue weighted by Crippen LogP contribution is 1.86. The van der Waals surface area contributed by atoms with Gasteiger partial charge in [-0.3, -0.25) is 9.59 Å². The number of nitrogens with two attached hydrogens (primary N) is 2. The molecule has 7 N–H and O–H groups in total. The zero-order valence-electron chi connectivity index (χ0n) is 6.93. The highest BCUT2D eigenvalue weighted by Gasteiger charge is 2.17. The lowest BCUT2D eigenvalue weighted by Crippen LogP contribution is -2.46. The fourth-order valence-corrected chi connectivity index (χ4v) is 0.632. The van der Waals surface area contributed by atoms with E-state index in [0.29, 0.717) is 0 Å². The van der Waals surface area contributed by atoms with Gasteiger partial charge in [0, 0.05) is 0 Å². The maximum Gasteiger partial charge on any atom is 0.472 e. The van der Waals surface area contributed by atoms with E-state index in [-0.39, 0.29) is 12.9 Å². The Morgan fingerprint density at radius 3 is 2.38 bits per heavy atom. The van der Waals surface area contributed by atoms with Gasteiger partial charge in [-0.25, -0.2) is 0 Å². The molecule has 0 aromatic heterocycles. The van der Waals surface area contributed by atoms with E-state index in [4.69, 9.17) is 21.5 Å². The van der Waals surface area contributed by atoms with E-state index in [1.807, 2.05) is 0 Å². The molecule has 0 aromatic rings. The second-order valence-electron chi connectivity index (χ2n) is 2.50. The van der Waals surface area contributed by atoms with Gasteiger partial charge in [0.2, 0.25) is 11.8 Å². The van der Waals surface area contributed by atoms with Crippen molar-refractivity contribution in [2.75, 3.05) is 6.44 Å². The summed E-state index contributed by atoms with van der Waals surface area (Å²) in [5.41, 5.74) is 10.0. The van der Waals surface area contributed by atoms with Crippen molar-refractivity contribution in [2.24, 2.45) is 11.5 Å².